The van der Waals surface area contributed by atoms with Crippen LogP contribution >= 0.6 is 11.6 Å². The Morgan fingerprint density at radius 3 is 2.87 bits per heavy atom. The third-order valence-corrected chi connectivity index (χ3v) is 3.50. The summed E-state index contributed by atoms with van der Waals surface area (Å²) >= 11 is 5.94. The maximum atomic E-state index is 12.4. The lowest BCUT2D eigenvalue weighted by atomic mass is 10.0. The van der Waals surface area contributed by atoms with E-state index in [0.29, 0.717) is 17.1 Å². The second-order valence-electron chi connectivity index (χ2n) is 5.56. The Morgan fingerprint density at radius 1 is 1.43 bits per heavy atom. The number of aromatic nitrogens is 2. The van der Waals surface area contributed by atoms with E-state index < -0.39 is 21.8 Å². The summed E-state index contributed by atoms with van der Waals surface area (Å²) in [4.78, 5) is 27.0. The summed E-state index contributed by atoms with van der Waals surface area (Å²) < 4.78 is 6.93. The summed E-state index contributed by atoms with van der Waals surface area (Å²) in [6.07, 6.45) is 4.57. The highest BCUT2D eigenvalue weighted by atomic mass is 35.5. The molecule has 1 aliphatic rings. The van der Waals surface area contributed by atoms with Gasteiger partial charge in [0.1, 0.15) is 17.0 Å². The zero-order valence-electron chi connectivity index (χ0n) is 12.3. The highest BCUT2D eigenvalue weighted by Crippen LogP contribution is 2.35. The van der Waals surface area contributed by atoms with Crippen molar-refractivity contribution >= 4 is 23.0 Å². The van der Waals surface area contributed by atoms with Gasteiger partial charge in [0.05, 0.1) is 15.6 Å². The number of hydrogen-bond donors (Lipinski definition) is 0. The highest BCUT2D eigenvalue weighted by Gasteiger charge is 2.30. The fourth-order valence-corrected chi connectivity index (χ4v) is 2.61. The van der Waals surface area contributed by atoms with Gasteiger partial charge in [-0.2, -0.15) is 0 Å². The average Bonchev–Trinajstić information content (AvgIpc) is 2.47. The Morgan fingerprint density at radius 2 is 2.17 bits per heavy atom. The Labute approximate surface area is 135 Å². The predicted molar refractivity (Wildman–Crippen MR) is 84.7 cm³/mol. The molecule has 3 rings (SSSR count). The van der Waals surface area contributed by atoms with Crippen LogP contribution in [0.5, 0.6) is 5.75 Å². The molecule has 0 spiro atoms. The smallest absolute Gasteiger partial charge is 0.335 e. The molecule has 2 aromatic heterocycles. The molecule has 0 atom stereocenters. The van der Waals surface area contributed by atoms with Gasteiger partial charge in [-0.05, 0) is 32.1 Å². The van der Waals surface area contributed by atoms with Gasteiger partial charge in [-0.1, -0.05) is 11.6 Å². The standard InChI is InChI=1S/C15H12ClN3O4/c1-15(2)7-11(13-12(23-15)4-3-5-17-13)18-8-9(16)6-10(14(18)20)19(21)22/h3-8H,1-2H3. The van der Waals surface area contributed by atoms with Crippen molar-refractivity contribution in [2.75, 3.05) is 0 Å². The molecule has 0 amide bonds. The van der Waals surface area contributed by atoms with Crippen LogP contribution < -0.4 is 10.3 Å². The van der Waals surface area contributed by atoms with Gasteiger partial charge in [-0.15, -0.1) is 0 Å². The largest absolute Gasteiger partial charge is 0.481 e. The van der Waals surface area contributed by atoms with Crippen LogP contribution in [-0.4, -0.2) is 20.1 Å². The number of ether oxygens (including phenoxy) is 1. The minimum Gasteiger partial charge on any atom is -0.481 e. The first-order chi connectivity index (χ1) is 10.8. The molecule has 0 aliphatic carbocycles. The number of rotatable bonds is 2. The van der Waals surface area contributed by atoms with E-state index in [1.54, 1.807) is 24.4 Å². The van der Waals surface area contributed by atoms with Crippen molar-refractivity contribution in [1.29, 1.82) is 0 Å². The molecule has 7 nitrogen and oxygen atoms in total. The number of nitrogens with zero attached hydrogens (tertiary/aromatic N) is 3. The maximum Gasteiger partial charge on any atom is 0.335 e. The molecule has 0 fully saturated rings. The Hall–Kier alpha value is -2.67. The third-order valence-electron chi connectivity index (χ3n) is 3.29. The van der Waals surface area contributed by atoms with Crippen molar-refractivity contribution in [3.63, 3.8) is 0 Å². The van der Waals surface area contributed by atoms with Crippen molar-refractivity contribution in [3.05, 3.63) is 67.9 Å². The van der Waals surface area contributed by atoms with Crippen LogP contribution in [0.1, 0.15) is 19.5 Å². The number of fused-ring (bicyclic) bond motifs is 1. The van der Waals surface area contributed by atoms with E-state index in [0.717, 1.165) is 10.6 Å². The van der Waals surface area contributed by atoms with Crippen LogP contribution in [0.2, 0.25) is 5.02 Å². The fourth-order valence-electron chi connectivity index (χ4n) is 2.40. The van der Waals surface area contributed by atoms with Crippen LogP contribution in [0.3, 0.4) is 0 Å². The first-order valence-electron chi connectivity index (χ1n) is 6.73. The van der Waals surface area contributed by atoms with Gasteiger partial charge in [-0.3, -0.25) is 24.5 Å². The lowest BCUT2D eigenvalue weighted by Crippen LogP contribution is -2.33. The molecule has 118 valence electrons. The van der Waals surface area contributed by atoms with E-state index in [1.165, 1.54) is 6.20 Å². The van der Waals surface area contributed by atoms with E-state index in [4.69, 9.17) is 16.3 Å². The zero-order chi connectivity index (χ0) is 16.8. The molecular weight excluding hydrogens is 322 g/mol. The topological polar surface area (TPSA) is 87.3 Å². The second kappa shape index (κ2) is 5.20. The molecule has 3 heterocycles. The van der Waals surface area contributed by atoms with E-state index in [9.17, 15) is 14.9 Å². The number of nitro groups is 1. The first kappa shape index (κ1) is 15.2. The molecule has 0 N–H and O–H groups in total. The van der Waals surface area contributed by atoms with Gasteiger partial charge in [0.2, 0.25) is 0 Å². The van der Waals surface area contributed by atoms with Crippen LogP contribution in [0.15, 0.2) is 41.5 Å². The number of pyridine rings is 2. The predicted octanol–water partition coefficient (Wildman–Crippen LogP) is 2.87. The van der Waals surface area contributed by atoms with Crippen LogP contribution in [0.4, 0.5) is 5.69 Å². The Balaban J connectivity index is 2.31. The highest BCUT2D eigenvalue weighted by molar-refractivity contribution is 6.30. The van der Waals surface area contributed by atoms with Crippen LogP contribution in [-0.2, 0) is 0 Å². The minimum absolute atomic E-state index is 0.0824. The lowest BCUT2D eigenvalue weighted by molar-refractivity contribution is -0.386. The zero-order valence-corrected chi connectivity index (χ0v) is 13.1. The van der Waals surface area contributed by atoms with Crippen molar-refractivity contribution in [1.82, 2.24) is 9.55 Å². The fraction of sp³-hybridized carbons (Fsp3) is 0.200. The maximum absolute atomic E-state index is 12.4. The van der Waals surface area contributed by atoms with Crippen LogP contribution in [0.25, 0.3) is 5.70 Å². The van der Waals surface area contributed by atoms with Crippen molar-refractivity contribution in [3.8, 4) is 5.75 Å². The normalized spacial score (nSPS) is 15.3. The monoisotopic (exact) mass is 333 g/mol. The first-order valence-corrected chi connectivity index (χ1v) is 7.10. The second-order valence-corrected chi connectivity index (χ2v) is 6.00. The van der Waals surface area contributed by atoms with Gasteiger partial charge >= 0.3 is 11.2 Å². The summed E-state index contributed by atoms with van der Waals surface area (Å²) in [5.74, 6) is 0.490. The molecule has 8 heteroatoms. The molecule has 1 aliphatic heterocycles. The summed E-state index contributed by atoms with van der Waals surface area (Å²) in [5.41, 5.74) is -1.26. The molecule has 0 unspecified atom stereocenters. The van der Waals surface area contributed by atoms with Gasteiger partial charge in [0, 0.05) is 18.5 Å². The summed E-state index contributed by atoms with van der Waals surface area (Å²) in [6, 6.07) is 4.47. The molecular formula is C15H12ClN3O4. The van der Waals surface area contributed by atoms with E-state index in [-0.39, 0.29) is 5.02 Å². The number of halogens is 1. The van der Waals surface area contributed by atoms with E-state index in [2.05, 4.69) is 4.98 Å². The molecule has 23 heavy (non-hydrogen) atoms. The minimum atomic E-state index is -0.778. The van der Waals surface area contributed by atoms with Crippen molar-refractivity contribution in [2.45, 2.75) is 19.4 Å². The molecule has 2 aromatic rings. The number of hydrogen-bond acceptors (Lipinski definition) is 5. The van der Waals surface area contributed by atoms with Gasteiger partial charge in [-0.25, -0.2) is 0 Å². The van der Waals surface area contributed by atoms with E-state index >= 15 is 0 Å². The summed E-state index contributed by atoms with van der Waals surface area (Å²) in [7, 11) is 0. The average molecular weight is 334 g/mol. The van der Waals surface area contributed by atoms with Crippen LogP contribution in [0, 0.1) is 10.1 Å². The molecule has 0 bridgehead atoms. The third kappa shape index (κ3) is 2.70. The van der Waals surface area contributed by atoms with Gasteiger partial charge in [0.25, 0.3) is 0 Å². The SMILES string of the molecule is CC1(C)C=C(n2cc(Cl)cc([N+](=O)[O-])c2=O)c2ncccc2O1. The van der Waals surface area contributed by atoms with Crippen molar-refractivity contribution < 1.29 is 9.66 Å². The summed E-state index contributed by atoms with van der Waals surface area (Å²) in [5, 5.41) is 11.1. The summed E-state index contributed by atoms with van der Waals surface area (Å²) in [6.45, 7) is 3.62. The molecule has 0 saturated carbocycles. The molecule has 0 radical (unpaired) electrons. The van der Waals surface area contributed by atoms with Gasteiger partial charge < -0.3 is 4.74 Å². The molecule has 0 aromatic carbocycles. The lowest BCUT2D eigenvalue weighted by Gasteiger charge is -2.30. The quantitative estimate of drug-likeness (QED) is 0.623. The van der Waals surface area contributed by atoms with Gasteiger partial charge in [0.15, 0.2) is 0 Å². The molecule has 0 saturated heterocycles. The Kier molecular flexibility index (Phi) is 3.45. The van der Waals surface area contributed by atoms with E-state index in [1.807, 2.05) is 13.8 Å². The van der Waals surface area contributed by atoms with Crippen molar-refractivity contribution in [2.24, 2.45) is 0 Å². The Bertz CT molecular complexity index is 902.